The molecule has 1 heterocycles. The van der Waals surface area contributed by atoms with Gasteiger partial charge in [-0.25, -0.2) is 0 Å². The van der Waals surface area contributed by atoms with Gasteiger partial charge in [-0.1, -0.05) is 12.1 Å². The zero-order chi connectivity index (χ0) is 9.80. The van der Waals surface area contributed by atoms with Crippen molar-refractivity contribution < 1.29 is 4.74 Å². The van der Waals surface area contributed by atoms with Crippen LogP contribution in [0.15, 0.2) is 24.3 Å². The number of nitrogens with one attached hydrogen (secondary N) is 1. The highest BCUT2D eigenvalue weighted by atomic mass is 16.5. The highest BCUT2D eigenvalue weighted by Gasteiger charge is 2.10. The minimum atomic E-state index is 0.800. The molecule has 0 amide bonds. The van der Waals surface area contributed by atoms with Crippen LogP contribution < -0.4 is 4.90 Å². The molecule has 1 aromatic rings. The lowest BCUT2D eigenvalue weighted by molar-refractivity contribution is 0.122. The summed E-state index contributed by atoms with van der Waals surface area (Å²) in [5, 5.41) is 7.19. The fourth-order valence-electron chi connectivity index (χ4n) is 1.63. The van der Waals surface area contributed by atoms with Gasteiger partial charge in [0.2, 0.25) is 0 Å². The molecule has 3 heteroatoms. The van der Waals surface area contributed by atoms with Crippen molar-refractivity contribution >= 4 is 11.9 Å². The first kappa shape index (κ1) is 9.21. The smallest absolute Gasteiger partial charge is 0.0642 e. The number of ether oxygens (including phenoxy) is 1. The highest BCUT2D eigenvalue weighted by Crippen LogP contribution is 2.16. The number of hydrogen-bond acceptors (Lipinski definition) is 3. The van der Waals surface area contributed by atoms with Crippen molar-refractivity contribution in [3.8, 4) is 0 Å². The Kier molecular flexibility index (Phi) is 2.79. The van der Waals surface area contributed by atoms with Crippen LogP contribution >= 0.6 is 0 Å². The van der Waals surface area contributed by atoms with Crippen LogP contribution in [0.1, 0.15) is 5.56 Å². The molecule has 1 N–H and O–H groups in total. The van der Waals surface area contributed by atoms with Crippen LogP contribution in [0.5, 0.6) is 0 Å². The Labute approximate surface area is 83.8 Å². The molecule has 1 aliphatic heterocycles. The first-order valence-corrected chi connectivity index (χ1v) is 4.83. The van der Waals surface area contributed by atoms with Gasteiger partial charge >= 0.3 is 0 Å². The minimum absolute atomic E-state index is 0.800. The van der Waals surface area contributed by atoms with Gasteiger partial charge in [0.15, 0.2) is 0 Å². The Balaban J connectivity index is 2.17. The molecule has 14 heavy (non-hydrogen) atoms. The van der Waals surface area contributed by atoms with Crippen molar-refractivity contribution in [3.63, 3.8) is 0 Å². The third kappa shape index (κ3) is 1.93. The lowest BCUT2D eigenvalue weighted by Crippen LogP contribution is -2.36. The van der Waals surface area contributed by atoms with Gasteiger partial charge in [-0.05, 0) is 17.7 Å². The van der Waals surface area contributed by atoms with Gasteiger partial charge in [0.05, 0.1) is 13.2 Å². The molecule has 1 aromatic carbocycles. The third-order valence-electron chi connectivity index (χ3n) is 2.41. The third-order valence-corrected chi connectivity index (χ3v) is 2.41. The first-order chi connectivity index (χ1) is 6.90. The van der Waals surface area contributed by atoms with Crippen molar-refractivity contribution in [1.82, 2.24) is 0 Å². The van der Waals surface area contributed by atoms with E-state index in [1.807, 2.05) is 18.2 Å². The normalized spacial score (nSPS) is 16.7. The van der Waals surface area contributed by atoms with E-state index >= 15 is 0 Å². The molecule has 2 rings (SSSR count). The van der Waals surface area contributed by atoms with E-state index in [1.165, 1.54) is 11.9 Å². The van der Waals surface area contributed by atoms with Crippen molar-refractivity contribution in [1.29, 1.82) is 5.41 Å². The maximum absolute atomic E-state index is 7.19. The van der Waals surface area contributed by atoms with Crippen LogP contribution in [0.2, 0.25) is 0 Å². The molecule has 3 nitrogen and oxygen atoms in total. The second-order valence-electron chi connectivity index (χ2n) is 3.34. The van der Waals surface area contributed by atoms with E-state index in [4.69, 9.17) is 10.1 Å². The van der Waals surface area contributed by atoms with E-state index in [9.17, 15) is 0 Å². The number of anilines is 1. The molecule has 74 valence electrons. The van der Waals surface area contributed by atoms with Gasteiger partial charge in [-0.15, -0.1) is 0 Å². The molecule has 1 saturated heterocycles. The summed E-state index contributed by atoms with van der Waals surface area (Å²) in [4.78, 5) is 2.29. The molecule has 0 radical (unpaired) electrons. The zero-order valence-electron chi connectivity index (χ0n) is 8.07. The minimum Gasteiger partial charge on any atom is -0.378 e. The monoisotopic (exact) mass is 190 g/mol. The molecule has 1 fully saturated rings. The SMILES string of the molecule is N=Cc1cccc(N2CCOCC2)c1. The Bertz CT molecular complexity index is 319. The summed E-state index contributed by atoms with van der Waals surface area (Å²) in [6.45, 7) is 3.49. The van der Waals surface area contributed by atoms with E-state index in [1.54, 1.807) is 0 Å². The van der Waals surface area contributed by atoms with Gasteiger partial charge in [0, 0.05) is 25.0 Å². The summed E-state index contributed by atoms with van der Waals surface area (Å²) in [5.74, 6) is 0. The number of nitrogens with zero attached hydrogens (tertiary/aromatic N) is 1. The molecule has 0 atom stereocenters. The molecule has 0 saturated carbocycles. The quantitative estimate of drug-likeness (QED) is 0.718. The first-order valence-electron chi connectivity index (χ1n) is 4.83. The number of morpholine rings is 1. The van der Waals surface area contributed by atoms with Crippen molar-refractivity contribution in [3.05, 3.63) is 29.8 Å². The lowest BCUT2D eigenvalue weighted by Gasteiger charge is -2.28. The second kappa shape index (κ2) is 4.24. The maximum Gasteiger partial charge on any atom is 0.0642 e. The molecule has 0 bridgehead atoms. The largest absolute Gasteiger partial charge is 0.378 e. The number of rotatable bonds is 2. The lowest BCUT2D eigenvalue weighted by atomic mass is 10.2. The van der Waals surface area contributed by atoms with Crippen LogP contribution in [0.3, 0.4) is 0 Å². The van der Waals surface area contributed by atoms with Crippen LogP contribution in [-0.4, -0.2) is 32.5 Å². The Morgan fingerprint density at radius 1 is 1.29 bits per heavy atom. The predicted molar refractivity (Wildman–Crippen MR) is 57.4 cm³/mol. The summed E-state index contributed by atoms with van der Waals surface area (Å²) in [6.07, 6.45) is 1.38. The number of benzene rings is 1. The molecule has 0 unspecified atom stereocenters. The summed E-state index contributed by atoms with van der Waals surface area (Å²) >= 11 is 0. The Morgan fingerprint density at radius 2 is 2.07 bits per heavy atom. The summed E-state index contributed by atoms with van der Waals surface area (Å²) < 4.78 is 5.29. The van der Waals surface area contributed by atoms with Crippen LogP contribution in [0.4, 0.5) is 5.69 Å². The van der Waals surface area contributed by atoms with Crippen molar-refractivity contribution in [2.24, 2.45) is 0 Å². The molecular formula is C11H14N2O. The summed E-state index contributed by atoms with van der Waals surface area (Å²) in [6, 6.07) is 8.05. The summed E-state index contributed by atoms with van der Waals surface area (Å²) in [5.41, 5.74) is 2.14. The van der Waals surface area contributed by atoms with Gasteiger partial charge in [0.25, 0.3) is 0 Å². The van der Waals surface area contributed by atoms with E-state index in [0.29, 0.717) is 0 Å². The van der Waals surface area contributed by atoms with E-state index in [2.05, 4.69) is 11.0 Å². The van der Waals surface area contributed by atoms with E-state index < -0.39 is 0 Å². The maximum atomic E-state index is 7.19. The van der Waals surface area contributed by atoms with Gasteiger partial charge in [0.1, 0.15) is 0 Å². The molecule has 0 aliphatic carbocycles. The van der Waals surface area contributed by atoms with Crippen LogP contribution in [0.25, 0.3) is 0 Å². The molecular weight excluding hydrogens is 176 g/mol. The van der Waals surface area contributed by atoms with Crippen molar-refractivity contribution in [2.45, 2.75) is 0 Å². The Morgan fingerprint density at radius 3 is 2.79 bits per heavy atom. The summed E-state index contributed by atoms with van der Waals surface area (Å²) in [7, 11) is 0. The van der Waals surface area contributed by atoms with E-state index in [0.717, 1.165) is 31.9 Å². The van der Waals surface area contributed by atoms with Gasteiger partial charge in [-0.3, -0.25) is 0 Å². The second-order valence-corrected chi connectivity index (χ2v) is 3.34. The topological polar surface area (TPSA) is 36.3 Å². The van der Waals surface area contributed by atoms with Gasteiger partial charge < -0.3 is 15.0 Å². The molecule has 0 spiro atoms. The standard InChI is InChI=1S/C11H14N2O/c12-9-10-2-1-3-11(8-10)13-4-6-14-7-5-13/h1-3,8-9,12H,4-7H2. The van der Waals surface area contributed by atoms with Gasteiger partial charge in [-0.2, -0.15) is 0 Å². The molecule has 1 aliphatic rings. The number of hydrogen-bond donors (Lipinski definition) is 1. The average Bonchev–Trinajstić information content (AvgIpc) is 2.30. The zero-order valence-corrected chi connectivity index (χ0v) is 8.07. The predicted octanol–water partition coefficient (Wildman–Crippen LogP) is 1.52. The van der Waals surface area contributed by atoms with Crippen molar-refractivity contribution in [2.75, 3.05) is 31.2 Å². The van der Waals surface area contributed by atoms with Crippen LogP contribution in [0, 0.1) is 5.41 Å². The van der Waals surface area contributed by atoms with E-state index in [-0.39, 0.29) is 0 Å². The fourth-order valence-corrected chi connectivity index (χ4v) is 1.63. The average molecular weight is 190 g/mol. The van der Waals surface area contributed by atoms with Crippen LogP contribution in [-0.2, 0) is 4.74 Å². The highest BCUT2D eigenvalue weighted by molar-refractivity contribution is 5.79. The Hall–Kier alpha value is -1.35. The fraction of sp³-hybridized carbons (Fsp3) is 0.364. The molecule has 0 aromatic heterocycles.